The molecule has 3 aliphatic carbocycles. The van der Waals surface area contributed by atoms with Crippen LogP contribution in [0.3, 0.4) is 0 Å². The Labute approximate surface area is 84.0 Å². The Kier molecular flexibility index (Phi) is 1.80. The quantitative estimate of drug-likeness (QED) is 0.473. The second kappa shape index (κ2) is 2.47. The standard InChI is InChI=1S/C10H16ClNO/c1-9(2)6-4-7(9)10(3,11)8(5-6)12-13/h6-8H,4-5H2,1-3H3. The summed E-state index contributed by atoms with van der Waals surface area (Å²) in [6.45, 7) is 6.49. The van der Waals surface area contributed by atoms with Crippen molar-refractivity contribution >= 4 is 11.6 Å². The smallest absolute Gasteiger partial charge is 0.111 e. The monoisotopic (exact) mass is 201 g/mol. The molecule has 0 aromatic carbocycles. The highest BCUT2D eigenvalue weighted by atomic mass is 35.5. The number of halogens is 1. The van der Waals surface area contributed by atoms with E-state index in [0.29, 0.717) is 17.3 Å². The van der Waals surface area contributed by atoms with Crippen molar-refractivity contribution in [2.45, 2.75) is 44.5 Å². The first-order valence-electron chi connectivity index (χ1n) is 4.92. The predicted molar refractivity (Wildman–Crippen MR) is 53.8 cm³/mol. The number of rotatable bonds is 1. The van der Waals surface area contributed by atoms with E-state index in [1.807, 2.05) is 6.92 Å². The molecule has 3 aliphatic rings. The molecule has 3 saturated carbocycles. The zero-order chi connectivity index (χ0) is 9.85. The fraction of sp³-hybridized carbons (Fsp3) is 1.00. The molecule has 0 aliphatic heterocycles. The molecule has 2 bridgehead atoms. The topological polar surface area (TPSA) is 29.4 Å². The van der Waals surface area contributed by atoms with E-state index in [1.165, 1.54) is 6.42 Å². The van der Waals surface area contributed by atoms with Gasteiger partial charge in [0, 0.05) is 0 Å². The largest absolute Gasteiger partial charge is 0.150 e. The Hall–Kier alpha value is -0.110. The maximum Gasteiger partial charge on any atom is 0.111 e. The van der Waals surface area contributed by atoms with E-state index < -0.39 is 4.87 Å². The third-order valence-electron chi connectivity index (χ3n) is 4.44. The van der Waals surface area contributed by atoms with Crippen LogP contribution in [0.2, 0.25) is 0 Å². The third kappa shape index (κ3) is 1.01. The Morgan fingerprint density at radius 2 is 1.92 bits per heavy atom. The Bertz CT molecular complexity index is 249. The van der Waals surface area contributed by atoms with E-state index in [-0.39, 0.29) is 6.04 Å². The van der Waals surface area contributed by atoms with Gasteiger partial charge in [0.2, 0.25) is 0 Å². The summed E-state index contributed by atoms with van der Waals surface area (Å²) >= 11 is 6.42. The summed E-state index contributed by atoms with van der Waals surface area (Å²) in [4.78, 5) is 10.2. The van der Waals surface area contributed by atoms with Crippen LogP contribution < -0.4 is 0 Å². The lowest BCUT2D eigenvalue weighted by molar-refractivity contribution is -0.0962. The van der Waals surface area contributed by atoms with Crippen LogP contribution in [0.5, 0.6) is 0 Å². The molecular weight excluding hydrogens is 186 g/mol. The molecule has 0 N–H and O–H groups in total. The summed E-state index contributed by atoms with van der Waals surface area (Å²) in [6.07, 6.45) is 2.06. The van der Waals surface area contributed by atoms with Crippen molar-refractivity contribution in [1.29, 1.82) is 0 Å². The van der Waals surface area contributed by atoms with Gasteiger partial charge < -0.3 is 0 Å². The van der Waals surface area contributed by atoms with Crippen LogP contribution in [0.4, 0.5) is 0 Å². The summed E-state index contributed by atoms with van der Waals surface area (Å²) in [5.74, 6) is 1.12. The van der Waals surface area contributed by atoms with Crippen LogP contribution in [0.1, 0.15) is 33.6 Å². The summed E-state index contributed by atoms with van der Waals surface area (Å²) in [5, 5.41) is 3.16. The number of fused-ring (bicyclic) bond motifs is 2. The van der Waals surface area contributed by atoms with Crippen molar-refractivity contribution in [1.82, 2.24) is 0 Å². The maximum absolute atomic E-state index is 10.6. The van der Waals surface area contributed by atoms with Crippen molar-refractivity contribution in [2.75, 3.05) is 0 Å². The Balaban J connectivity index is 2.28. The van der Waals surface area contributed by atoms with E-state index in [0.717, 1.165) is 6.42 Å². The second-order valence-corrected chi connectivity index (χ2v) is 6.13. The molecule has 3 heteroatoms. The van der Waals surface area contributed by atoms with Gasteiger partial charge in [-0.05, 0) is 37.0 Å². The van der Waals surface area contributed by atoms with Gasteiger partial charge in [0.1, 0.15) is 6.04 Å². The van der Waals surface area contributed by atoms with E-state index in [1.54, 1.807) is 0 Å². The second-order valence-electron chi connectivity index (χ2n) is 5.31. The molecule has 0 saturated heterocycles. The SMILES string of the molecule is CC1(C)C2CC(N=O)C(C)(Cl)C1C2. The van der Waals surface area contributed by atoms with Gasteiger partial charge in [0.25, 0.3) is 0 Å². The van der Waals surface area contributed by atoms with Gasteiger partial charge in [0.05, 0.1) is 4.87 Å². The molecule has 4 unspecified atom stereocenters. The lowest BCUT2D eigenvalue weighted by atomic mass is 9.44. The molecule has 3 rings (SSSR count). The Morgan fingerprint density at radius 3 is 2.31 bits per heavy atom. The summed E-state index contributed by atoms with van der Waals surface area (Å²) in [7, 11) is 0. The molecule has 0 aromatic heterocycles. The van der Waals surface area contributed by atoms with Gasteiger partial charge >= 0.3 is 0 Å². The molecule has 3 fully saturated rings. The lowest BCUT2D eigenvalue weighted by Gasteiger charge is -2.63. The number of nitrogens with zero attached hydrogens (tertiary/aromatic N) is 1. The zero-order valence-corrected chi connectivity index (χ0v) is 9.14. The van der Waals surface area contributed by atoms with Crippen LogP contribution in [-0.4, -0.2) is 10.9 Å². The molecule has 0 radical (unpaired) electrons. The molecule has 0 heterocycles. The molecule has 0 aromatic rings. The molecular formula is C10H16ClNO. The van der Waals surface area contributed by atoms with Crippen LogP contribution in [-0.2, 0) is 0 Å². The van der Waals surface area contributed by atoms with E-state index in [4.69, 9.17) is 11.6 Å². The Morgan fingerprint density at radius 1 is 1.31 bits per heavy atom. The third-order valence-corrected chi connectivity index (χ3v) is 4.95. The zero-order valence-electron chi connectivity index (χ0n) is 8.38. The van der Waals surface area contributed by atoms with Crippen molar-refractivity contribution in [3.63, 3.8) is 0 Å². The van der Waals surface area contributed by atoms with E-state index in [9.17, 15) is 4.91 Å². The van der Waals surface area contributed by atoms with Crippen molar-refractivity contribution in [3.8, 4) is 0 Å². The highest BCUT2D eigenvalue weighted by Crippen LogP contribution is 2.65. The first-order valence-corrected chi connectivity index (χ1v) is 5.30. The van der Waals surface area contributed by atoms with E-state index in [2.05, 4.69) is 19.0 Å². The van der Waals surface area contributed by atoms with E-state index >= 15 is 0 Å². The van der Waals surface area contributed by atoms with Gasteiger partial charge in [-0.1, -0.05) is 19.0 Å². The highest BCUT2D eigenvalue weighted by Gasteiger charge is 2.63. The molecule has 0 amide bonds. The first kappa shape index (κ1) is 9.45. The first-order chi connectivity index (χ1) is 5.90. The van der Waals surface area contributed by atoms with Gasteiger partial charge in [-0.25, -0.2) is 0 Å². The summed E-state index contributed by atoms with van der Waals surface area (Å²) in [6, 6.07) is -0.175. The molecule has 0 spiro atoms. The summed E-state index contributed by atoms with van der Waals surface area (Å²) < 4.78 is 0. The van der Waals surface area contributed by atoms with Crippen molar-refractivity contribution < 1.29 is 0 Å². The molecule has 13 heavy (non-hydrogen) atoms. The van der Waals surface area contributed by atoms with Crippen molar-refractivity contribution in [3.05, 3.63) is 4.91 Å². The predicted octanol–water partition coefficient (Wildman–Crippen LogP) is 3.18. The average molecular weight is 202 g/mol. The minimum atomic E-state index is -0.403. The van der Waals surface area contributed by atoms with Crippen LogP contribution in [0.15, 0.2) is 5.18 Å². The van der Waals surface area contributed by atoms with Gasteiger partial charge in [-0.15, -0.1) is 11.6 Å². The molecule has 74 valence electrons. The molecule has 2 nitrogen and oxygen atoms in total. The van der Waals surface area contributed by atoms with Gasteiger partial charge in [0.15, 0.2) is 0 Å². The number of nitroso groups, excluding NO2 is 1. The average Bonchev–Trinajstić information content (AvgIpc) is 2.01. The number of hydrogen-bond donors (Lipinski definition) is 0. The van der Waals surface area contributed by atoms with Crippen LogP contribution in [0, 0.1) is 22.2 Å². The fourth-order valence-corrected chi connectivity index (χ4v) is 3.75. The van der Waals surface area contributed by atoms with Gasteiger partial charge in [-0.2, -0.15) is 4.91 Å². The minimum absolute atomic E-state index is 0.175. The lowest BCUT2D eigenvalue weighted by Crippen LogP contribution is -2.63. The number of hydrogen-bond acceptors (Lipinski definition) is 2. The summed E-state index contributed by atoms with van der Waals surface area (Å²) in [5.41, 5.74) is 0.317. The number of alkyl halides is 1. The normalized spacial score (nSPS) is 52.5. The van der Waals surface area contributed by atoms with Gasteiger partial charge in [-0.3, -0.25) is 0 Å². The maximum atomic E-state index is 10.6. The van der Waals surface area contributed by atoms with Crippen LogP contribution in [0.25, 0.3) is 0 Å². The molecule has 4 atom stereocenters. The fourth-order valence-electron chi connectivity index (χ4n) is 3.25. The van der Waals surface area contributed by atoms with Crippen LogP contribution >= 0.6 is 11.6 Å². The minimum Gasteiger partial charge on any atom is -0.150 e. The highest BCUT2D eigenvalue weighted by molar-refractivity contribution is 6.24. The van der Waals surface area contributed by atoms with Crippen molar-refractivity contribution in [2.24, 2.45) is 22.4 Å².